The van der Waals surface area contributed by atoms with Gasteiger partial charge in [0.25, 0.3) is 5.56 Å². The first kappa shape index (κ1) is 11.8. The second-order valence-electron chi connectivity index (χ2n) is 3.54. The van der Waals surface area contributed by atoms with Crippen LogP contribution in [0.25, 0.3) is 5.69 Å². The average Bonchev–Trinajstić information content (AvgIpc) is 2.31. The Labute approximate surface area is 104 Å². The van der Waals surface area contributed by atoms with Crippen LogP contribution < -0.4 is 5.56 Å². The topological polar surface area (TPSA) is 47.0 Å². The number of benzene rings is 1. The SMILES string of the molecule is COCc1ccccc1-n1ccc(=O)[nH]c1=S. The molecule has 17 heavy (non-hydrogen) atoms. The molecule has 88 valence electrons. The first-order valence-electron chi connectivity index (χ1n) is 5.11. The number of hydrogen-bond acceptors (Lipinski definition) is 3. The molecule has 2 rings (SSSR count). The van der Waals surface area contributed by atoms with Gasteiger partial charge < -0.3 is 4.74 Å². The smallest absolute Gasteiger partial charge is 0.251 e. The molecule has 1 aromatic carbocycles. The van der Waals surface area contributed by atoms with E-state index < -0.39 is 0 Å². The number of para-hydroxylation sites is 1. The quantitative estimate of drug-likeness (QED) is 0.846. The minimum Gasteiger partial charge on any atom is -0.380 e. The van der Waals surface area contributed by atoms with Gasteiger partial charge in [-0.05, 0) is 18.3 Å². The van der Waals surface area contributed by atoms with Crippen molar-refractivity contribution in [2.24, 2.45) is 0 Å². The fourth-order valence-corrected chi connectivity index (χ4v) is 1.89. The molecule has 0 saturated heterocycles. The minimum atomic E-state index is -0.199. The summed E-state index contributed by atoms with van der Waals surface area (Å²) in [5, 5.41) is 0. The Balaban J connectivity index is 2.60. The van der Waals surface area contributed by atoms with Gasteiger partial charge in [0, 0.05) is 24.9 Å². The number of hydrogen-bond donors (Lipinski definition) is 1. The van der Waals surface area contributed by atoms with Gasteiger partial charge in [0.05, 0.1) is 12.3 Å². The fraction of sp³-hybridized carbons (Fsp3) is 0.167. The van der Waals surface area contributed by atoms with Crippen LogP contribution in [0.4, 0.5) is 0 Å². The van der Waals surface area contributed by atoms with E-state index in [2.05, 4.69) is 4.98 Å². The highest BCUT2D eigenvalue weighted by atomic mass is 32.1. The van der Waals surface area contributed by atoms with E-state index in [1.54, 1.807) is 17.9 Å². The normalized spacial score (nSPS) is 10.4. The van der Waals surface area contributed by atoms with Gasteiger partial charge in [-0.1, -0.05) is 18.2 Å². The molecule has 0 amide bonds. The zero-order chi connectivity index (χ0) is 12.3. The molecule has 0 fully saturated rings. The Morgan fingerprint density at radius 1 is 1.35 bits per heavy atom. The highest BCUT2D eigenvalue weighted by molar-refractivity contribution is 7.71. The highest BCUT2D eigenvalue weighted by Crippen LogP contribution is 2.14. The highest BCUT2D eigenvalue weighted by Gasteiger charge is 2.03. The predicted octanol–water partition coefficient (Wildman–Crippen LogP) is 2.04. The van der Waals surface area contributed by atoms with Crippen LogP contribution in [-0.4, -0.2) is 16.7 Å². The Morgan fingerprint density at radius 3 is 2.82 bits per heavy atom. The van der Waals surface area contributed by atoms with Gasteiger partial charge >= 0.3 is 0 Å². The third-order valence-corrected chi connectivity index (χ3v) is 2.67. The number of aromatic nitrogens is 2. The van der Waals surface area contributed by atoms with Crippen LogP contribution >= 0.6 is 12.2 Å². The number of ether oxygens (including phenoxy) is 1. The van der Waals surface area contributed by atoms with Crippen LogP contribution in [0.1, 0.15) is 5.56 Å². The van der Waals surface area contributed by atoms with Crippen LogP contribution in [-0.2, 0) is 11.3 Å². The van der Waals surface area contributed by atoms with Gasteiger partial charge in [-0.25, -0.2) is 0 Å². The van der Waals surface area contributed by atoms with Crippen molar-refractivity contribution in [3.63, 3.8) is 0 Å². The number of aromatic amines is 1. The summed E-state index contributed by atoms with van der Waals surface area (Å²) in [7, 11) is 1.64. The standard InChI is InChI=1S/C12H12N2O2S/c1-16-8-9-4-2-3-5-10(9)14-7-6-11(15)13-12(14)17/h2-7H,8H2,1H3,(H,13,15,17). The van der Waals surface area contributed by atoms with Crippen molar-refractivity contribution in [1.29, 1.82) is 0 Å². The van der Waals surface area contributed by atoms with E-state index in [4.69, 9.17) is 17.0 Å². The lowest BCUT2D eigenvalue weighted by Crippen LogP contribution is -2.11. The van der Waals surface area contributed by atoms with Gasteiger partial charge in [0.2, 0.25) is 0 Å². The molecule has 0 spiro atoms. The van der Waals surface area contributed by atoms with E-state index in [0.717, 1.165) is 11.3 Å². The van der Waals surface area contributed by atoms with Gasteiger partial charge in [-0.2, -0.15) is 0 Å². The van der Waals surface area contributed by atoms with E-state index in [0.29, 0.717) is 11.4 Å². The lowest BCUT2D eigenvalue weighted by atomic mass is 10.2. The van der Waals surface area contributed by atoms with Gasteiger partial charge in [0.15, 0.2) is 4.77 Å². The molecule has 1 heterocycles. The summed E-state index contributed by atoms with van der Waals surface area (Å²) in [6, 6.07) is 9.20. The first-order valence-corrected chi connectivity index (χ1v) is 5.52. The second kappa shape index (κ2) is 5.07. The molecule has 2 aromatic rings. The molecule has 1 N–H and O–H groups in total. The molecule has 0 aliphatic carbocycles. The molecule has 0 radical (unpaired) electrons. The van der Waals surface area contributed by atoms with Crippen LogP contribution in [0, 0.1) is 4.77 Å². The third-order valence-electron chi connectivity index (χ3n) is 2.37. The Morgan fingerprint density at radius 2 is 2.12 bits per heavy atom. The Kier molecular flexibility index (Phi) is 3.51. The third kappa shape index (κ3) is 2.51. The molecule has 0 aliphatic heterocycles. The van der Waals surface area contributed by atoms with Gasteiger partial charge in [-0.15, -0.1) is 0 Å². The van der Waals surface area contributed by atoms with Gasteiger partial charge in [-0.3, -0.25) is 14.3 Å². The molecular formula is C12H12N2O2S. The summed E-state index contributed by atoms with van der Waals surface area (Å²) in [4.78, 5) is 13.7. The summed E-state index contributed by atoms with van der Waals surface area (Å²) >= 11 is 5.13. The Bertz CT molecular complexity index is 631. The lowest BCUT2D eigenvalue weighted by molar-refractivity contribution is 0.184. The van der Waals surface area contributed by atoms with E-state index in [-0.39, 0.29) is 5.56 Å². The Hall–Kier alpha value is -1.72. The molecule has 4 nitrogen and oxygen atoms in total. The summed E-state index contributed by atoms with van der Waals surface area (Å²) in [5.74, 6) is 0. The van der Waals surface area contributed by atoms with Crippen LogP contribution in [0.5, 0.6) is 0 Å². The van der Waals surface area contributed by atoms with Crippen molar-refractivity contribution < 1.29 is 4.74 Å². The van der Waals surface area contributed by atoms with Crippen molar-refractivity contribution in [2.45, 2.75) is 6.61 Å². The minimum absolute atomic E-state index is 0.199. The number of nitrogens with zero attached hydrogens (tertiary/aromatic N) is 1. The second-order valence-corrected chi connectivity index (χ2v) is 3.93. The average molecular weight is 248 g/mol. The van der Waals surface area contributed by atoms with Crippen molar-refractivity contribution in [1.82, 2.24) is 9.55 Å². The monoisotopic (exact) mass is 248 g/mol. The summed E-state index contributed by atoms with van der Waals surface area (Å²) < 4.78 is 7.27. The van der Waals surface area contributed by atoms with E-state index in [9.17, 15) is 4.79 Å². The fourth-order valence-electron chi connectivity index (χ4n) is 1.63. The lowest BCUT2D eigenvalue weighted by Gasteiger charge is -2.11. The number of nitrogens with one attached hydrogen (secondary N) is 1. The molecule has 0 saturated carbocycles. The number of methoxy groups -OCH3 is 1. The van der Waals surface area contributed by atoms with Crippen LogP contribution in [0.2, 0.25) is 0 Å². The predicted molar refractivity (Wildman–Crippen MR) is 67.9 cm³/mol. The largest absolute Gasteiger partial charge is 0.380 e. The van der Waals surface area contributed by atoms with Crippen molar-refractivity contribution in [3.05, 3.63) is 57.2 Å². The maximum atomic E-state index is 11.1. The van der Waals surface area contributed by atoms with Crippen molar-refractivity contribution in [2.75, 3.05) is 7.11 Å². The zero-order valence-electron chi connectivity index (χ0n) is 9.34. The summed E-state index contributed by atoms with van der Waals surface area (Å²) in [6.07, 6.45) is 1.66. The molecule has 0 unspecified atom stereocenters. The zero-order valence-corrected chi connectivity index (χ0v) is 10.2. The van der Waals surface area contributed by atoms with Crippen molar-refractivity contribution in [3.8, 4) is 5.69 Å². The summed E-state index contributed by atoms with van der Waals surface area (Å²) in [6.45, 7) is 0.497. The van der Waals surface area contributed by atoms with E-state index in [1.165, 1.54) is 6.07 Å². The first-order chi connectivity index (χ1) is 8.22. The van der Waals surface area contributed by atoms with Crippen LogP contribution in [0.3, 0.4) is 0 Å². The van der Waals surface area contributed by atoms with Gasteiger partial charge in [0.1, 0.15) is 0 Å². The molecule has 0 bridgehead atoms. The maximum Gasteiger partial charge on any atom is 0.251 e. The molecule has 5 heteroatoms. The molecule has 1 aromatic heterocycles. The van der Waals surface area contributed by atoms with Crippen LogP contribution in [0.15, 0.2) is 41.3 Å². The number of rotatable bonds is 3. The van der Waals surface area contributed by atoms with E-state index >= 15 is 0 Å². The maximum absolute atomic E-state index is 11.1. The van der Waals surface area contributed by atoms with Crippen molar-refractivity contribution >= 4 is 12.2 Å². The summed E-state index contributed by atoms with van der Waals surface area (Å²) in [5.41, 5.74) is 1.73. The molecule has 0 atom stereocenters. The van der Waals surface area contributed by atoms with E-state index in [1.807, 2.05) is 24.3 Å². The molecular weight excluding hydrogens is 236 g/mol. The molecule has 0 aliphatic rings. The number of H-pyrrole nitrogens is 1.